The number of rotatable bonds is 4. The van der Waals surface area contributed by atoms with Crippen molar-refractivity contribution in [1.29, 1.82) is 0 Å². The number of nitrogens with zero attached hydrogens (tertiary/aromatic N) is 1. The molecule has 0 aliphatic heterocycles. The largest absolute Gasteiger partial charge is 0.330 e. The minimum atomic E-state index is 0.0721. The zero-order valence-electron chi connectivity index (χ0n) is 7.41. The number of aromatic nitrogens is 1. The molecule has 0 aromatic carbocycles. The average molecular weight is 244 g/mol. The highest BCUT2D eigenvalue weighted by molar-refractivity contribution is 9.10. The summed E-state index contributed by atoms with van der Waals surface area (Å²) in [7, 11) is 0. The molecule has 13 heavy (non-hydrogen) atoms. The van der Waals surface area contributed by atoms with Crippen LogP contribution in [0.1, 0.15) is 24.4 Å². The maximum absolute atomic E-state index is 5.95. The third-order valence-corrected chi connectivity index (χ3v) is 2.33. The molecule has 1 aromatic rings. The molecule has 0 saturated heterocycles. The molecule has 1 atom stereocenters. The lowest BCUT2D eigenvalue weighted by atomic mass is 10.0. The monoisotopic (exact) mass is 243 g/mol. The van der Waals surface area contributed by atoms with Crippen LogP contribution in [0.3, 0.4) is 0 Å². The molecule has 1 heterocycles. The molecule has 0 amide bonds. The minimum absolute atomic E-state index is 0.0721. The normalized spacial score (nSPS) is 12.8. The van der Waals surface area contributed by atoms with Crippen LogP contribution in [0, 0.1) is 0 Å². The van der Waals surface area contributed by atoms with E-state index in [-0.39, 0.29) is 6.04 Å². The average Bonchev–Trinajstić information content (AvgIpc) is 2.14. The van der Waals surface area contributed by atoms with Gasteiger partial charge in [-0.15, -0.1) is 0 Å². The van der Waals surface area contributed by atoms with Crippen LogP contribution in [0.4, 0.5) is 0 Å². The molecular weight excluding hydrogens is 230 g/mol. The fraction of sp³-hybridized carbons (Fsp3) is 0.444. The van der Waals surface area contributed by atoms with E-state index >= 15 is 0 Å². The molecule has 3 nitrogen and oxygen atoms in total. The van der Waals surface area contributed by atoms with Crippen molar-refractivity contribution in [2.24, 2.45) is 11.5 Å². The second-order valence-corrected chi connectivity index (χ2v) is 3.76. The third kappa shape index (κ3) is 3.42. The van der Waals surface area contributed by atoms with E-state index in [1.807, 2.05) is 12.1 Å². The van der Waals surface area contributed by atoms with Crippen LogP contribution in [-0.4, -0.2) is 11.5 Å². The number of halogens is 1. The number of hydrogen-bond acceptors (Lipinski definition) is 3. The summed E-state index contributed by atoms with van der Waals surface area (Å²) in [5, 5.41) is 0. The SMILES string of the molecule is NCCC[C@H](N)c1ccnc(Br)c1. The molecule has 0 spiro atoms. The van der Waals surface area contributed by atoms with Gasteiger partial charge in [0.25, 0.3) is 0 Å². The first-order chi connectivity index (χ1) is 6.24. The van der Waals surface area contributed by atoms with Gasteiger partial charge >= 0.3 is 0 Å². The number of hydrogen-bond donors (Lipinski definition) is 2. The Morgan fingerprint density at radius 3 is 2.92 bits per heavy atom. The molecule has 1 rings (SSSR count). The summed E-state index contributed by atoms with van der Waals surface area (Å²) in [6, 6.07) is 3.95. The van der Waals surface area contributed by atoms with Crippen LogP contribution in [0.5, 0.6) is 0 Å². The van der Waals surface area contributed by atoms with E-state index in [9.17, 15) is 0 Å². The first-order valence-corrected chi connectivity index (χ1v) is 5.10. The highest BCUT2D eigenvalue weighted by Gasteiger charge is 2.05. The lowest BCUT2D eigenvalue weighted by Crippen LogP contribution is -2.12. The molecule has 0 fully saturated rings. The van der Waals surface area contributed by atoms with Gasteiger partial charge in [-0.2, -0.15) is 0 Å². The Hall–Kier alpha value is -0.450. The topological polar surface area (TPSA) is 64.9 Å². The van der Waals surface area contributed by atoms with E-state index in [0.29, 0.717) is 6.54 Å². The smallest absolute Gasteiger partial charge is 0.106 e. The summed E-state index contributed by atoms with van der Waals surface area (Å²) in [5.41, 5.74) is 12.5. The van der Waals surface area contributed by atoms with E-state index in [4.69, 9.17) is 11.5 Å². The molecule has 4 N–H and O–H groups in total. The Bertz CT molecular complexity index is 265. The Kier molecular flexibility index (Phi) is 4.35. The molecule has 1 aromatic heterocycles. The molecular formula is C9H14BrN3. The second-order valence-electron chi connectivity index (χ2n) is 2.95. The Morgan fingerprint density at radius 1 is 1.54 bits per heavy atom. The summed E-state index contributed by atoms with van der Waals surface area (Å²) >= 11 is 3.31. The third-order valence-electron chi connectivity index (χ3n) is 1.90. The molecule has 4 heteroatoms. The van der Waals surface area contributed by atoms with E-state index in [1.54, 1.807) is 6.20 Å². The lowest BCUT2D eigenvalue weighted by molar-refractivity contribution is 0.617. The fourth-order valence-electron chi connectivity index (χ4n) is 1.15. The van der Waals surface area contributed by atoms with Crippen LogP contribution < -0.4 is 11.5 Å². The fourth-order valence-corrected chi connectivity index (χ4v) is 1.54. The molecule has 72 valence electrons. The highest BCUT2D eigenvalue weighted by atomic mass is 79.9. The second kappa shape index (κ2) is 5.32. The number of nitrogens with two attached hydrogens (primary N) is 2. The van der Waals surface area contributed by atoms with Gasteiger partial charge in [-0.3, -0.25) is 0 Å². The van der Waals surface area contributed by atoms with Crippen molar-refractivity contribution in [1.82, 2.24) is 4.98 Å². The van der Waals surface area contributed by atoms with Crippen molar-refractivity contribution in [2.45, 2.75) is 18.9 Å². The summed E-state index contributed by atoms with van der Waals surface area (Å²) < 4.78 is 0.827. The summed E-state index contributed by atoms with van der Waals surface area (Å²) in [6.07, 6.45) is 3.63. The van der Waals surface area contributed by atoms with Crippen LogP contribution in [-0.2, 0) is 0 Å². The van der Waals surface area contributed by atoms with E-state index < -0.39 is 0 Å². The Labute approximate surface area is 86.7 Å². The van der Waals surface area contributed by atoms with Crippen molar-refractivity contribution >= 4 is 15.9 Å². The molecule has 0 aliphatic rings. The van der Waals surface area contributed by atoms with Crippen molar-refractivity contribution < 1.29 is 0 Å². The van der Waals surface area contributed by atoms with E-state index in [1.165, 1.54) is 0 Å². The molecule has 0 saturated carbocycles. The summed E-state index contributed by atoms with van der Waals surface area (Å²) in [5.74, 6) is 0. The van der Waals surface area contributed by atoms with Gasteiger partial charge in [0, 0.05) is 12.2 Å². The van der Waals surface area contributed by atoms with Crippen molar-refractivity contribution in [3.63, 3.8) is 0 Å². The van der Waals surface area contributed by atoms with E-state index in [2.05, 4.69) is 20.9 Å². The maximum atomic E-state index is 5.95. The van der Waals surface area contributed by atoms with Crippen molar-refractivity contribution in [3.05, 3.63) is 28.5 Å². The van der Waals surface area contributed by atoms with Gasteiger partial charge < -0.3 is 11.5 Å². The minimum Gasteiger partial charge on any atom is -0.330 e. The first kappa shape index (κ1) is 10.6. The Morgan fingerprint density at radius 2 is 2.31 bits per heavy atom. The number of pyridine rings is 1. The van der Waals surface area contributed by atoms with Gasteiger partial charge in [0.2, 0.25) is 0 Å². The van der Waals surface area contributed by atoms with Gasteiger partial charge in [-0.25, -0.2) is 4.98 Å². The standard InChI is InChI=1S/C9H14BrN3/c10-9-6-7(3-5-13-9)8(12)2-1-4-11/h3,5-6,8H,1-2,4,11-12H2/t8-/m0/s1. The lowest BCUT2D eigenvalue weighted by Gasteiger charge is -2.10. The predicted octanol–water partition coefficient (Wildman–Crippen LogP) is 1.58. The van der Waals surface area contributed by atoms with Crippen LogP contribution in [0.15, 0.2) is 22.9 Å². The van der Waals surface area contributed by atoms with Gasteiger partial charge in [-0.1, -0.05) is 0 Å². The summed E-state index contributed by atoms with van der Waals surface area (Å²) in [6.45, 7) is 0.694. The molecule has 0 unspecified atom stereocenters. The van der Waals surface area contributed by atoms with Crippen molar-refractivity contribution in [2.75, 3.05) is 6.54 Å². The molecule has 0 radical (unpaired) electrons. The molecule has 0 bridgehead atoms. The van der Waals surface area contributed by atoms with E-state index in [0.717, 1.165) is 23.0 Å². The highest BCUT2D eigenvalue weighted by Crippen LogP contribution is 2.17. The predicted molar refractivity (Wildman–Crippen MR) is 57.2 cm³/mol. The van der Waals surface area contributed by atoms with Crippen molar-refractivity contribution in [3.8, 4) is 0 Å². The van der Waals surface area contributed by atoms with Crippen LogP contribution >= 0.6 is 15.9 Å². The van der Waals surface area contributed by atoms with Gasteiger partial charge in [-0.05, 0) is 53.0 Å². The first-order valence-electron chi connectivity index (χ1n) is 4.31. The zero-order chi connectivity index (χ0) is 9.68. The van der Waals surface area contributed by atoms with Crippen LogP contribution in [0.25, 0.3) is 0 Å². The molecule has 0 aliphatic carbocycles. The van der Waals surface area contributed by atoms with Crippen LogP contribution in [0.2, 0.25) is 0 Å². The summed E-state index contributed by atoms with van der Waals surface area (Å²) in [4.78, 5) is 4.04. The van der Waals surface area contributed by atoms with Gasteiger partial charge in [0.05, 0.1) is 0 Å². The van der Waals surface area contributed by atoms with Gasteiger partial charge in [0.15, 0.2) is 0 Å². The maximum Gasteiger partial charge on any atom is 0.106 e. The van der Waals surface area contributed by atoms with Gasteiger partial charge in [0.1, 0.15) is 4.60 Å². The Balaban J connectivity index is 2.60. The zero-order valence-corrected chi connectivity index (χ0v) is 9.00. The quantitative estimate of drug-likeness (QED) is 0.790.